The minimum atomic E-state index is 0. The van der Waals surface area contributed by atoms with Crippen molar-refractivity contribution >= 4 is 28.3 Å². The lowest BCUT2D eigenvalue weighted by molar-refractivity contribution is -0.00000786. The molecule has 26 heavy (non-hydrogen) atoms. The molecule has 4 nitrogen and oxygen atoms in total. The third-order valence-electron chi connectivity index (χ3n) is 3.77. The normalized spacial score (nSPS) is 10.8. The second-order valence-electron chi connectivity index (χ2n) is 6.12. The monoisotopic (exact) mass is 390 g/mol. The zero-order valence-electron chi connectivity index (χ0n) is 14.9. The quantitative estimate of drug-likeness (QED) is 0.628. The Morgan fingerprint density at radius 3 is 2.50 bits per heavy atom. The predicted octanol–water partition coefficient (Wildman–Crippen LogP) is 2.18. The Morgan fingerprint density at radius 1 is 1.04 bits per heavy atom. The number of nitrogens with one attached hydrogen (secondary N) is 1. The minimum absolute atomic E-state index is 0. The van der Waals surface area contributed by atoms with Gasteiger partial charge in [-0.15, -0.1) is 0 Å². The standard InChI is InChI=1S/C20H22ClN3O.ClH/c1-14(2)25-13-5-12-22-20-17-6-3-4-7-18(17)23-19(24-20)15-8-10-16(21)11-9-15;/h3-4,6-11,14H,5,12-13H2,1-2H3,(H,22,23,24);1H/p-1. The van der Waals surface area contributed by atoms with Crippen molar-refractivity contribution in [3.63, 3.8) is 0 Å². The molecule has 3 rings (SSSR count). The molecule has 1 heterocycles. The minimum Gasteiger partial charge on any atom is -1.00 e. The number of fused-ring (bicyclic) bond motifs is 1. The molecule has 0 aliphatic rings. The zero-order valence-corrected chi connectivity index (χ0v) is 16.4. The second kappa shape index (κ2) is 9.72. The average molecular weight is 391 g/mol. The number of para-hydroxylation sites is 1. The Hall–Kier alpha value is -1.88. The maximum atomic E-state index is 5.98. The van der Waals surface area contributed by atoms with Gasteiger partial charge in [0.15, 0.2) is 5.82 Å². The van der Waals surface area contributed by atoms with E-state index >= 15 is 0 Å². The fourth-order valence-corrected chi connectivity index (χ4v) is 2.66. The molecule has 1 N–H and O–H groups in total. The van der Waals surface area contributed by atoms with Crippen LogP contribution in [0.2, 0.25) is 5.02 Å². The summed E-state index contributed by atoms with van der Waals surface area (Å²) in [6.45, 7) is 5.62. The number of aromatic nitrogens is 2. The third kappa shape index (κ3) is 5.31. The van der Waals surface area contributed by atoms with E-state index in [9.17, 15) is 0 Å². The number of nitrogens with zero attached hydrogens (tertiary/aromatic N) is 2. The van der Waals surface area contributed by atoms with Crippen LogP contribution < -0.4 is 17.7 Å². The van der Waals surface area contributed by atoms with Crippen molar-refractivity contribution in [1.29, 1.82) is 0 Å². The van der Waals surface area contributed by atoms with Crippen molar-refractivity contribution in [2.45, 2.75) is 26.4 Å². The van der Waals surface area contributed by atoms with Gasteiger partial charge in [0.1, 0.15) is 5.82 Å². The van der Waals surface area contributed by atoms with Gasteiger partial charge in [0.2, 0.25) is 0 Å². The molecule has 1 aromatic heterocycles. The van der Waals surface area contributed by atoms with Crippen LogP contribution in [0, 0.1) is 0 Å². The van der Waals surface area contributed by atoms with E-state index < -0.39 is 0 Å². The SMILES string of the molecule is CC(C)OCCCNc1nc(-c2ccc(Cl)cc2)nc2ccccc12.[Cl-]. The van der Waals surface area contributed by atoms with Crippen molar-refractivity contribution < 1.29 is 17.1 Å². The highest BCUT2D eigenvalue weighted by atomic mass is 35.5. The molecule has 0 aliphatic heterocycles. The van der Waals surface area contributed by atoms with Crippen molar-refractivity contribution in [3.05, 3.63) is 53.6 Å². The summed E-state index contributed by atoms with van der Waals surface area (Å²) in [7, 11) is 0. The van der Waals surface area contributed by atoms with Crippen LogP contribution in [-0.4, -0.2) is 29.2 Å². The van der Waals surface area contributed by atoms with Gasteiger partial charge >= 0.3 is 0 Å². The summed E-state index contributed by atoms with van der Waals surface area (Å²) >= 11 is 5.98. The summed E-state index contributed by atoms with van der Waals surface area (Å²) in [6.07, 6.45) is 1.18. The van der Waals surface area contributed by atoms with E-state index in [0.29, 0.717) is 10.8 Å². The van der Waals surface area contributed by atoms with Crippen molar-refractivity contribution in [3.8, 4) is 11.4 Å². The molecule has 138 valence electrons. The topological polar surface area (TPSA) is 47.0 Å². The molecular formula is C20H22Cl2N3O-. The van der Waals surface area contributed by atoms with Crippen molar-refractivity contribution in [1.82, 2.24) is 9.97 Å². The second-order valence-corrected chi connectivity index (χ2v) is 6.56. The van der Waals surface area contributed by atoms with Gasteiger partial charge in [0, 0.05) is 29.1 Å². The molecule has 0 spiro atoms. The van der Waals surface area contributed by atoms with Gasteiger partial charge in [0.05, 0.1) is 11.6 Å². The van der Waals surface area contributed by atoms with E-state index in [-0.39, 0.29) is 18.5 Å². The Balaban J connectivity index is 0.00000243. The molecule has 0 saturated heterocycles. The van der Waals surface area contributed by atoms with E-state index in [4.69, 9.17) is 21.3 Å². The first-order valence-corrected chi connectivity index (χ1v) is 8.89. The molecule has 3 aromatic rings. The maximum Gasteiger partial charge on any atom is 0.162 e. The summed E-state index contributed by atoms with van der Waals surface area (Å²) in [6, 6.07) is 15.6. The summed E-state index contributed by atoms with van der Waals surface area (Å²) in [5.41, 5.74) is 1.87. The van der Waals surface area contributed by atoms with Gasteiger partial charge in [-0.25, -0.2) is 9.97 Å². The smallest absolute Gasteiger partial charge is 0.162 e. The Bertz CT molecular complexity index is 838. The van der Waals surface area contributed by atoms with Gasteiger partial charge in [-0.2, -0.15) is 0 Å². The number of ether oxygens (including phenoxy) is 1. The van der Waals surface area contributed by atoms with Crippen LogP contribution in [-0.2, 0) is 4.74 Å². The summed E-state index contributed by atoms with van der Waals surface area (Å²) in [5, 5.41) is 5.15. The summed E-state index contributed by atoms with van der Waals surface area (Å²) in [5.74, 6) is 1.54. The Morgan fingerprint density at radius 2 is 1.77 bits per heavy atom. The first-order chi connectivity index (χ1) is 12.1. The van der Waals surface area contributed by atoms with E-state index in [1.807, 2.05) is 62.4 Å². The van der Waals surface area contributed by atoms with Gasteiger partial charge < -0.3 is 22.5 Å². The lowest BCUT2D eigenvalue weighted by Crippen LogP contribution is -3.00. The Kier molecular flexibility index (Phi) is 7.64. The molecule has 0 aliphatic carbocycles. The van der Waals surface area contributed by atoms with Crippen molar-refractivity contribution in [2.24, 2.45) is 0 Å². The molecule has 0 unspecified atom stereocenters. The number of hydrogen-bond donors (Lipinski definition) is 1. The number of hydrogen-bond acceptors (Lipinski definition) is 4. The maximum absolute atomic E-state index is 5.98. The first-order valence-electron chi connectivity index (χ1n) is 8.51. The highest BCUT2D eigenvalue weighted by Crippen LogP contribution is 2.25. The first kappa shape index (κ1) is 20.4. The van der Waals surface area contributed by atoms with E-state index in [0.717, 1.165) is 41.9 Å². The zero-order chi connectivity index (χ0) is 17.6. The van der Waals surface area contributed by atoms with Crippen LogP contribution in [0.1, 0.15) is 20.3 Å². The average Bonchev–Trinajstić information content (AvgIpc) is 2.61. The van der Waals surface area contributed by atoms with Crippen LogP contribution in [0.15, 0.2) is 48.5 Å². The fraction of sp³-hybridized carbons (Fsp3) is 0.300. The summed E-state index contributed by atoms with van der Waals surface area (Å²) < 4.78 is 5.59. The van der Waals surface area contributed by atoms with Crippen LogP contribution in [0.3, 0.4) is 0 Å². The lowest BCUT2D eigenvalue weighted by atomic mass is 10.2. The third-order valence-corrected chi connectivity index (χ3v) is 4.02. The number of halogens is 2. The van der Waals surface area contributed by atoms with Crippen LogP contribution in [0.25, 0.3) is 22.3 Å². The van der Waals surface area contributed by atoms with Gasteiger partial charge in [-0.3, -0.25) is 0 Å². The highest BCUT2D eigenvalue weighted by molar-refractivity contribution is 6.30. The molecule has 0 saturated carbocycles. The number of benzene rings is 2. The molecule has 6 heteroatoms. The Labute approximate surface area is 165 Å². The fourth-order valence-electron chi connectivity index (χ4n) is 2.54. The van der Waals surface area contributed by atoms with Gasteiger partial charge in [-0.05, 0) is 56.7 Å². The van der Waals surface area contributed by atoms with Gasteiger partial charge in [0.25, 0.3) is 0 Å². The largest absolute Gasteiger partial charge is 1.00 e. The molecule has 0 fully saturated rings. The van der Waals surface area contributed by atoms with Crippen molar-refractivity contribution in [2.75, 3.05) is 18.5 Å². The number of anilines is 1. The molecule has 0 bridgehead atoms. The van der Waals surface area contributed by atoms with Crippen LogP contribution >= 0.6 is 11.6 Å². The van der Waals surface area contributed by atoms with Crippen LogP contribution in [0.5, 0.6) is 0 Å². The lowest BCUT2D eigenvalue weighted by Gasteiger charge is -2.12. The molecular weight excluding hydrogens is 369 g/mol. The van der Waals surface area contributed by atoms with E-state index in [2.05, 4.69) is 10.3 Å². The number of rotatable bonds is 7. The molecule has 0 amide bonds. The van der Waals surface area contributed by atoms with Crippen LogP contribution in [0.4, 0.5) is 5.82 Å². The molecule has 2 aromatic carbocycles. The predicted molar refractivity (Wildman–Crippen MR) is 104 cm³/mol. The summed E-state index contributed by atoms with van der Waals surface area (Å²) in [4.78, 5) is 9.41. The molecule has 0 atom stereocenters. The highest BCUT2D eigenvalue weighted by Gasteiger charge is 2.09. The van der Waals surface area contributed by atoms with E-state index in [1.54, 1.807) is 0 Å². The van der Waals surface area contributed by atoms with E-state index in [1.165, 1.54) is 0 Å². The molecule has 0 radical (unpaired) electrons. The van der Waals surface area contributed by atoms with Gasteiger partial charge in [-0.1, -0.05) is 23.7 Å².